The standard InChI is InChI=1S/C29H28ClF6N9O2/c1-12-6-16(37)41-22(19(12)29(34,35)36)17-20(30)24-18-23(21(17)31)42-27(47-9-14-7-28(32,33)10-44(14)3)43-26(18)45(4-5-46-24)13(2)15-8-39-11-40-25(15)38/h6,8,11,13-14H,4-5,7,9-10H2,1-3H3,(H2,37,41)(H2,38,39,40)/t13-,14+/m1/s1. The molecule has 6 rings (SSSR count). The largest absolute Gasteiger partial charge is 0.489 e. The third kappa shape index (κ3) is 5.86. The third-order valence-corrected chi connectivity index (χ3v) is 8.64. The summed E-state index contributed by atoms with van der Waals surface area (Å²) in [4.78, 5) is 23.8. The molecule has 2 atom stereocenters. The number of hydrogen-bond donors (Lipinski definition) is 2. The summed E-state index contributed by atoms with van der Waals surface area (Å²) in [7, 11) is 1.51. The van der Waals surface area contributed by atoms with Gasteiger partial charge in [-0.3, -0.25) is 4.90 Å². The highest BCUT2D eigenvalue weighted by Gasteiger charge is 2.44. The van der Waals surface area contributed by atoms with Gasteiger partial charge in [0.25, 0.3) is 5.92 Å². The molecule has 2 aliphatic heterocycles. The van der Waals surface area contributed by atoms with E-state index in [2.05, 4.69) is 24.9 Å². The van der Waals surface area contributed by atoms with Gasteiger partial charge in [-0.15, -0.1) is 0 Å². The van der Waals surface area contributed by atoms with Crippen LogP contribution in [0.25, 0.3) is 22.2 Å². The summed E-state index contributed by atoms with van der Waals surface area (Å²) >= 11 is 6.70. The lowest BCUT2D eigenvalue weighted by molar-refractivity contribution is -0.137. The molecule has 0 radical (unpaired) electrons. The van der Waals surface area contributed by atoms with Gasteiger partial charge in [-0.1, -0.05) is 11.6 Å². The number of nitrogens with two attached hydrogens (primary N) is 2. The number of likely N-dealkylation sites (N-methyl/N-ethyl adjacent to an activating group) is 1. The van der Waals surface area contributed by atoms with E-state index in [-0.39, 0.29) is 53.9 Å². The second-order valence-corrected chi connectivity index (χ2v) is 11.9. The molecule has 4 N–H and O–H groups in total. The minimum absolute atomic E-state index is 0.0402. The van der Waals surface area contributed by atoms with E-state index in [0.29, 0.717) is 5.56 Å². The molecule has 1 aromatic carbocycles. The number of halogens is 7. The summed E-state index contributed by atoms with van der Waals surface area (Å²) < 4.78 is 99.7. The maximum atomic E-state index is 16.8. The van der Waals surface area contributed by atoms with Crippen LogP contribution >= 0.6 is 11.6 Å². The lowest BCUT2D eigenvalue weighted by Gasteiger charge is -2.30. The van der Waals surface area contributed by atoms with E-state index in [1.165, 1.54) is 24.5 Å². The lowest BCUT2D eigenvalue weighted by atomic mass is 9.98. The number of nitrogens with zero attached hydrogens (tertiary/aromatic N) is 7. The Morgan fingerprint density at radius 1 is 1.21 bits per heavy atom. The Bertz CT molecular complexity index is 1880. The van der Waals surface area contributed by atoms with Gasteiger partial charge < -0.3 is 25.8 Å². The maximum Gasteiger partial charge on any atom is 0.418 e. The summed E-state index contributed by atoms with van der Waals surface area (Å²) in [6, 6.07) is -0.733. The lowest BCUT2D eigenvalue weighted by Crippen LogP contribution is -2.32. The van der Waals surface area contributed by atoms with Crippen LogP contribution in [0, 0.1) is 12.7 Å². The molecular formula is C29H28ClF6N9O2. The molecule has 2 aliphatic rings. The molecular weight excluding hydrogens is 656 g/mol. The minimum Gasteiger partial charge on any atom is -0.489 e. The monoisotopic (exact) mass is 683 g/mol. The van der Waals surface area contributed by atoms with Crippen molar-refractivity contribution in [1.82, 2.24) is 29.8 Å². The van der Waals surface area contributed by atoms with Crippen LogP contribution in [0.2, 0.25) is 5.02 Å². The van der Waals surface area contributed by atoms with Crippen molar-refractivity contribution in [1.29, 1.82) is 0 Å². The van der Waals surface area contributed by atoms with Crippen molar-refractivity contribution in [3.63, 3.8) is 0 Å². The molecule has 0 bridgehead atoms. The molecule has 0 aliphatic carbocycles. The van der Waals surface area contributed by atoms with Gasteiger partial charge in [0.1, 0.15) is 42.5 Å². The SMILES string of the molecule is Cc1cc(N)nc(-c2c(Cl)c3c4c(nc(OC[C@@H]5CC(F)(F)CN5C)nc4c2F)N([C@H](C)c2cncnc2N)CCO3)c1C(F)(F)F. The molecule has 0 unspecified atom stereocenters. The third-order valence-electron chi connectivity index (χ3n) is 8.28. The molecule has 0 saturated carbocycles. The zero-order chi connectivity index (χ0) is 34.0. The smallest absolute Gasteiger partial charge is 0.418 e. The predicted molar refractivity (Wildman–Crippen MR) is 161 cm³/mol. The molecule has 0 amide bonds. The van der Waals surface area contributed by atoms with Crippen LogP contribution in [0.15, 0.2) is 18.6 Å². The maximum absolute atomic E-state index is 16.8. The topological polar surface area (TPSA) is 141 Å². The quantitative estimate of drug-likeness (QED) is 0.251. The Hall–Kier alpha value is -4.38. The summed E-state index contributed by atoms with van der Waals surface area (Å²) in [5, 5.41) is -0.578. The van der Waals surface area contributed by atoms with Gasteiger partial charge in [-0.25, -0.2) is 28.1 Å². The number of benzene rings is 1. The molecule has 0 spiro atoms. The molecule has 3 aromatic heterocycles. The van der Waals surface area contributed by atoms with E-state index in [1.807, 2.05) is 0 Å². The number of aryl methyl sites for hydroxylation is 1. The first-order valence-electron chi connectivity index (χ1n) is 14.3. The van der Waals surface area contributed by atoms with E-state index >= 15 is 4.39 Å². The van der Waals surface area contributed by atoms with Crippen LogP contribution in [0.1, 0.15) is 36.1 Å². The normalized spacial score (nSPS) is 18.7. The fraction of sp³-hybridized carbons (Fsp3) is 0.414. The van der Waals surface area contributed by atoms with Crippen molar-refractivity contribution < 1.29 is 35.8 Å². The van der Waals surface area contributed by atoms with E-state index in [1.54, 1.807) is 11.8 Å². The number of likely N-dealkylation sites (tertiary alicyclic amines) is 1. The highest BCUT2D eigenvalue weighted by molar-refractivity contribution is 6.36. The van der Waals surface area contributed by atoms with E-state index in [4.69, 9.17) is 32.5 Å². The number of alkyl halides is 5. The van der Waals surface area contributed by atoms with Gasteiger partial charge in [0.15, 0.2) is 11.6 Å². The van der Waals surface area contributed by atoms with Crippen molar-refractivity contribution >= 4 is 40.0 Å². The zero-order valence-corrected chi connectivity index (χ0v) is 25.9. The number of rotatable bonds is 6. The van der Waals surface area contributed by atoms with Crippen molar-refractivity contribution in [3.8, 4) is 23.0 Å². The first-order valence-corrected chi connectivity index (χ1v) is 14.7. The molecule has 4 aromatic rings. The fourth-order valence-electron chi connectivity index (χ4n) is 6.07. The predicted octanol–water partition coefficient (Wildman–Crippen LogP) is 5.44. The molecule has 18 heteroatoms. The van der Waals surface area contributed by atoms with Gasteiger partial charge in [0.05, 0.1) is 46.4 Å². The van der Waals surface area contributed by atoms with E-state index in [0.717, 1.165) is 13.0 Å². The number of pyridine rings is 1. The average molecular weight is 684 g/mol. The first-order chi connectivity index (χ1) is 22.1. The van der Waals surface area contributed by atoms with Gasteiger partial charge in [0, 0.05) is 24.2 Å². The molecule has 11 nitrogen and oxygen atoms in total. The van der Waals surface area contributed by atoms with Crippen molar-refractivity contribution in [3.05, 3.63) is 46.1 Å². The average Bonchev–Trinajstić information content (AvgIpc) is 3.12. The first kappa shape index (κ1) is 32.6. The molecule has 5 heterocycles. The molecule has 47 heavy (non-hydrogen) atoms. The van der Waals surface area contributed by atoms with E-state index in [9.17, 15) is 22.0 Å². The Morgan fingerprint density at radius 2 is 1.96 bits per heavy atom. The van der Waals surface area contributed by atoms with Crippen molar-refractivity contribution in [2.75, 3.05) is 49.7 Å². The highest BCUT2D eigenvalue weighted by Crippen LogP contribution is 2.51. The van der Waals surface area contributed by atoms with Crippen LogP contribution < -0.4 is 25.8 Å². The second-order valence-electron chi connectivity index (χ2n) is 11.5. The summed E-state index contributed by atoms with van der Waals surface area (Å²) in [6.07, 6.45) is -2.70. The number of aromatic nitrogens is 5. The van der Waals surface area contributed by atoms with Gasteiger partial charge in [-0.05, 0) is 32.5 Å². The number of anilines is 3. The minimum atomic E-state index is -4.97. The molecule has 250 valence electrons. The van der Waals surface area contributed by atoms with Crippen LogP contribution in [0.5, 0.6) is 11.8 Å². The van der Waals surface area contributed by atoms with Crippen molar-refractivity contribution in [2.45, 2.75) is 44.5 Å². The highest BCUT2D eigenvalue weighted by atomic mass is 35.5. The summed E-state index contributed by atoms with van der Waals surface area (Å²) in [5.41, 5.74) is 8.76. The van der Waals surface area contributed by atoms with Gasteiger partial charge >= 0.3 is 12.2 Å². The van der Waals surface area contributed by atoms with Crippen LogP contribution in [0.4, 0.5) is 43.8 Å². The van der Waals surface area contributed by atoms with E-state index < -0.39 is 76.3 Å². The van der Waals surface area contributed by atoms with Crippen LogP contribution in [-0.4, -0.2) is 75.1 Å². The Labute approximate surface area is 268 Å². The molecule has 1 saturated heterocycles. The van der Waals surface area contributed by atoms with Crippen LogP contribution in [0.3, 0.4) is 0 Å². The summed E-state index contributed by atoms with van der Waals surface area (Å²) in [5.74, 6) is -4.53. The number of ether oxygens (including phenoxy) is 2. The van der Waals surface area contributed by atoms with Crippen molar-refractivity contribution in [2.24, 2.45) is 0 Å². The Morgan fingerprint density at radius 3 is 2.62 bits per heavy atom. The zero-order valence-electron chi connectivity index (χ0n) is 25.2. The van der Waals surface area contributed by atoms with Gasteiger partial charge in [0.2, 0.25) is 0 Å². The Kier molecular flexibility index (Phi) is 8.10. The number of nitrogen functional groups attached to an aromatic ring is 2. The van der Waals surface area contributed by atoms with Gasteiger partial charge in [-0.2, -0.15) is 23.1 Å². The Balaban J connectivity index is 1.59. The molecule has 1 fully saturated rings. The summed E-state index contributed by atoms with van der Waals surface area (Å²) in [6.45, 7) is 2.17. The second kappa shape index (κ2) is 11.7. The van der Waals surface area contributed by atoms with Crippen LogP contribution in [-0.2, 0) is 6.18 Å². The number of hydrogen-bond acceptors (Lipinski definition) is 11. The fourth-order valence-corrected chi connectivity index (χ4v) is 6.39.